The summed E-state index contributed by atoms with van der Waals surface area (Å²) >= 11 is 0. The molecular formula is C18H24O4. The van der Waals surface area contributed by atoms with Crippen LogP contribution in [0.25, 0.3) is 0 Å². The van der Waals surface area contributed by atoms with E-state index in [1.54, 1.807) is 32.0 Å². The van der Waals surface area contributed by atoms with Gasteiger partial charge in [0.25, 0.3) is 0 Å². The molecule has 0 atom stereocenters. The van der Waals surface area contributed by atoms with Gasteiger partial charge in [-0.1, -0.05) is 33.1 Å². The zero-order valence-electron chi connectivity index (χ0n) is 13.6. The first kappa shape index (κ1) is 16.5. The van der Waals surface area contributed by atoms with Crippen LogP contribution in [0.15, 0.2) is 18.2 Å². The quantitative estimate of drug-likeness (QED) is 0.622. The van der Waals surface area contributed by atoms with Gasteiger partial charge in [0, 0.05) is 0 Å². The van der Waals surface area contributed by atoms with Gasteiger partial charge in [-0.05, 0) is 43.5 Å². The molecule has 120 valence electrons. The zero-order valence-corrected chi connectivity index (χ0v) is 13.6. The Balaban J connectivity index is 2.00. The van der Waals surface area contributed by atoms with Crippen LogP contribution in [-0.4, -0.2) is 11.9 Å². The van der Waals surface area contributed by atoms with Crippen LogP contribution in [0, 0.1) is 18.8 Å². The lowest BCUT2D eigenvalue weighted by molar-refractivity contribution is -0.140. The first-order valence-electron chi connectivity index (χ1n) is 8.01. The van der Waals surface area contributed by atoms with Gasteiger partial charge in [0.2, 0.25) is 0 Å². The lowest BCUT2D eigenvalue weighted by atomic mass is 9.89. The Bertz CT molecular complexity index is 542. The normalized spacial score (nSPS) is 15.6. The van der Waals surface area contributed by atoms with Crippen LogP contribution in [0.2, 0.25) is 0 Å². The topological polar surface area (TPSA) is 52.6 Å². The molecule has 1 aliphatic carbocycles. The molecule has 0 unspecified atom stereocenters. The molecule has 0 heterocycles. The van der Waals surface area contributed by atoms with E-state index >= 15 is 0 Å². The van der Waals surface area contributed by atoms with Crippen LogP contribution in [-0.2, 0) is 9.59 Å². The molecule has 0 amide bonds. The van der Waals surface area contributed by atoms with Gasteiger partial charge < -0.3 is 9.47 Å². The van der Waals surface area contributed by atoms with E-state index in [1.165, 1.54) is 6.42 Å². The van der Waals surface area contributed by atoms with Crippen molar-refractivity contribution in [2.24, 2.45) is 11.8 Å². The van der Waals surface area contributed by atoms with E-state index in [-0.39, 0.29) is 23.8 Å². The number of carbonyl (C=O) groups excluding carboxylic acids is 2. The minimum Gasteiger partial charge on any atom is -0.426 e. The van der Waals surface area contributed by atoms with Crippen LogP contribution in [0.1, 0.15) is 51.5 Å². The third-order valence-electron chi connectivity index (χ3n) is 3.99. The van der Waals surface area contributed by atoms with Crippen LogP contribution < -0.4 is 9.47 Å². The molecule has 1 aliphatic rings. The summed E-state index contributed by atoms with van der Waals surface area (Å²) in [5.41, 5.74) is 0.790. The van der Waals surface area contributed by atoms with Crippen LogP contribution >= 0.6 is 0 Å². The standard InChI is InChI=1S/C18H24O4/c1-12(2)17(19)21-15-9-10-16(13(3)11-15)22-18(20)14-7-5-4-6-8-14/h9-12,14H,4-8H2,1-3H3. The monoisotopic (exact) mass is 304 g/mol. The molecule has 0 aliphatic heterocycles. The fourth-order valence-corrected chi connectivity index (χ4v) is 2.56. The molecule has 4 nitrogen and oxygen atoms in total. The molecule has 0 radical (unpaired) electrons. The van der Waals surface area contributed by atoms with E-state index in [9.17, 15) is 9.59 Å². The highest BCUT2D eigenvalue weighted by atomic mass is 16.5. The van der Waals surface area contributed by atoms with Crippen molar-refractivity contribution in [3.63, 3.8) is 0 Å². The smallest absolute Gasteiger partial charge is 0.314 e. The van der Waals surface area contributed by atoms with Crippen molar-refractivity contribution >= 4 is 11.9 Å². The second-order valence-electron chi connectivity index (χ2n) is 6.26. The summed E-state index contributed by atoms with van der Waals surface area (Å²) in [6, 6.07) is 5.08. The molecular weight excluding hydrogens is 280 g/mol. The van der Waals surface area contributed by atoms with Gasteiger partial charge in [-0.3, -0.25) is 9.59 Å². The first-order valence-corrected chi connectivity index (χ1v) is 8.01. The number of carbonyl (C=O) groups is 2. The van der Waals surface area contributed by atoms with E-state index in [0.29, 0.717) is 11.5 Å². The lowest BCUT2D eigenvalue weighted by Gasteiger charge is -2.20. The number of hydrogen-bond acceptors (Lipinski definition) is 4. The van der Waals surface area contributed by atoms with Crippen molar-refractivity contribution in [2.75, 3.05) is 0 Å². The Hall–Kier alpha value is -1.84. The van der Waals surface area contributed by atoms with Crippen LogP contribution in [0.5, 0.6) is 11.5 Å². The number of ether oxygens (including phenoxy) is 2. The molecule has 4 heteroatoms. The fraction of sp³-hybridized carbons (Fsp3) is 0.556. The molecule has 22 heavy (non-hydrogen) atoms. The summed E-state index contributed by atoms with van der Waals surface area (Å²) in [4.78, 5) is 23.7. The van der Waals surface area contributed by atoms with Crippen molar-refractivity contribution in [3.05, 3.63) is 23.8 Å². The summed E-state index contributed by atoms with van der Waals surface area (Å²) in [6.45, 7) is 5.42. The van der Waals surface area contributed by atoms with Crippen molar-refractivity contribution in [2.45, 2.75) is 52.9 Å². The van der Waals surface area contributed by atoms with E-state index in [2.05, 4.69) is 0 Å². The highest BCUT2D eigenvalue weighted by molar-refractivity contribution is 5.76. The third kappa shape index (κ3) is 4.33. The van der Waals surface area contributed by atoms with Crippen LogP contribution in [0.4, 0.5) is 0 Å². The highest BCUT2D eigenvalue weighted by Gasteiger charge is 2.23. The summed E-state index contributed by atoms with van der Waals surface area (Å²) in [6.07, 6.45) is 5.24. The van der Waals surface area contributed by atoms with Gasteiger partial charge in [-0.2, -0.15) is 0 Å². The van der Waals surface area contributed by atoms with E-state index in [0.717, 1.165) is 31.2 Å². The highest BCUT2D eigenvalue weighted by Crippen LogP contribution is 2.28. The predicted octanol–water partition coefficient (Wildman–Crippen LogP) is 4.04. The summed E-state index contributed by atoms with van der Waals surface area (Å²) in [5.74, 6) is 0.449. The molecule has 0 N–H and O–H groups in total. The van der Waals surface area contributed by atoms with Gasteiger partial charge in [-0.25, -0.2) is 0 Å². The summed E-state index contributed by atoms with van der Waals surface area (Å²) < 4.78 is 10.8. The van der Waals surface area contributed by atoms with Crippen LogP contribution in [0.3, 0.4) is 0 Å². The molecule has 1 aromatic rings. The zero-order chi connectivity index (χ0) is 16.1. The number of rotatable bonds is 4. The third-order valence-corrected chi connectivity index (χ3v) is 3.99. The maximum absolute atomic E-state index is 12.2. The summed E-state index contributed by atoms with van der Waals surface area (Å²) in [7, 11) is 0. The Morgan fingerprint density at radius 1 is 1.09 bits per heavy atom. The molecule has 0 spiro atoms. The number of benzene rings is 1. The number of aryl methyl sites for hydroxylation is 1. The van der Waals surface area contributed by atoms with Crippen molar-refractivity contribution < 1.29 is 19.1 Å². The fourth-order valence-electron chi connectivity index (χ4n) is 2.56. The minimum atomic E-state index is -0.272. The van der Waals surface area contributed by atoms with E-state index < -0.39 is 0 Å². The molecule has 1 aromatic carbocycles. The molecule has 2 rings (SSSR count). The molecule has 1 saturated carbocycles. The van der Waals surface area contributed by atoms with Crippen molar-refractivity contribution in [1.82, 2.24) is 0 Å². The average molecular weight is 304 g/mol. The molecule has 0 aromatic heterocycles. The Kier molecular flexibility index (Phi) is 5.58. The van der Waals surface area contributed by atoms with E-state index in [1.807, 2.05) is 6.92 Å². The largest absolute Gasteiger partial charge is 0.426 e. The Morgan fingerprint density at radius 3 is 2.36 bits per heavy atom. The van der Waals surface area contributed by atoms with Gasteiger partial charge in [0.15, 0.2) is 0 Å². The maximum atomic E-state index is 12.2. The minimum absolute atomic E-state index is 0.0200. The van der Waals surface area contributed by atoms with Crippen molar-refractivity contribution in [3.8, 4) is 11.5 Å². The predicted molar refractivity (Wildman–Crippen MR) is 83.9 cm³/mol. The van der Waals surface area contributed by atoms with Gasteiger partial charge >= 0.3 is 11.9 Å². The van der Waals surface area contributed by atoms with Gasteiger partial charge in [-0.15, -0.1) is 0 Å². The molecule has 0 bridgehead atoms. The SMILES string of the molecule is Cc1cc(OC(=O)C(C)C)ccc1OC(=O)C1CCCCC1. The van der Waals surface area contributed by atoms with Gasteiger partial charge in [0.05, 0.1) is 11.8 Å². The number of esters is 2. The van der Waals surface area contributed by atoms with E-state index in [4.69, 9.17) is 9.47 Å². The lowest BCUT2D eigenvalue weighted by Crippen LogP contribution is -2.23. The second-order valence-corrected chi connectivity index (χ2v) is 6.26. The number of hydrogen-bond donors (Lipinski definition) is 0. The summed E-state index contributed by atoms with van der Waals surface area (Å²) in [5, 5.41) is 0. The molecule has 1 fully saturated rings. The average Bonchev–Trinajstić information content (AvgIpc) is 2.50. The molecule has 0 saturated heterocycles. The van der Waals surface area contributed by atoms with Crippen molar-refractivity contribution in [1.29, 1.82) is 0 Å². The second kappa shape index (κ2) is 7.43. The maximum Gasteiger partial charge on any atom is 0.314 e. The Labute approximate surface area is 131 Å². The Morgan fingerprint density at radius 2 is 1.77 bits per heavy atom. The van der Waals surface area contributed by atoms with Gasteiger partial charge in [0.1, 0.15) is 11.5 Å². The first-order chi connectivity index (χ1) is 10.5.